The van der Waals surface area contributed by atoms with Crippen molar-refractivity contribution in [2.75, 3.05) is 0 Å². The molecule has 2 atom stereocenters. The average molecular weight is 301 g/mol. The minimum atomic E-state index is -3.91. The van der Waals surface area contributed by atoms with Crippen molar-refractivity contribution in [2.24, 2.45) is 0 Å². The fourth-order valence-electron chi connectivity index (χ4n) is 1.63. The fraction of sp³-hybridized carbons (Fsp3) is 0.333. The molecule has 8 heteroatoms. The zero-order valence-electron chi connectivity index (χ0n) is 10.6. The van der Waals surface area contributed by atoms with Crippen LogP contribution in [0.3, 0.4) is 0 Å². The smallest absolute Gasteiger partial charge is 0.321 e. The van der Waals surface area contributed by atoms with E-state index in [1.807, 2.05) is 0 Å². The first-order valence-electron chi connectivity index (χ1n) is 5.88. The number of rotatable bonds is 8. The Kier molecular flexibility index (Phi) is 5.88. The average Bonchev–Trinajstić information content (AvgIpc) is 2.34. The van der Waals surface area contributed by atoms with E-state index in [4.69, 9.17) is 10.2 Å². The van der Waals surface area contributed by atoms with Gasteiger partial charge in [0.25, 0.3) is 7.52 Å². The van der Waals surface area contributed by atoms with Gasteiger partial charge in [0, 0.05) is 6.42 Å². The van der Waals surface area contributed by atoms with Crippen molar-refractivity contribution >= 4 is 19.5 Å². The highest BCUT2D eigenvalue weighted by molar-refractivity contribution is 7.55. The van der Waals surface area contributed by atoms with Gasteiger partial charge >= 0.3 is 11.9 Å². The summed E-state index contributed by atoms with van der Waals surface area (Å²) < 4.78 is 12.0. The van der Waals surface area contributed by atoms with Crippen molar-refractivity contribution in [3.05, 3.63) is 35.9 Å². The lowest BCUT2D eigenvalue weighted by Crippen LogP contribution is -2.35. The Balaban J connectivity index is 2.68. The molecule has 4 N–H and O–H groups in total. The molecule has 20 heavy (non-hydrogen) atoms. The van der Waals surface area contributed by atoms with Crippen molar-refractivity contribution in [1.29, 1.82) is 0 Å². The van der Waals surface area contributed by atoms with Crippen molar-refractivity contribution in [2.45, 2.75) is 25.0 Å². The highest BCUT2D eigenvalue weighted by Gasteiger charge is 2.28. The number of hydrogen-bond acceptors (Lipinski definition) is 3. The largest absolute Gasteiger partial charge is 0.481 e. The van der Waals surface area contributed by atoms with Crippen LogP contribution >= 0.6 is 7.52 Å². The van der Waals surface area contributed by atoms with Gasteiger partial charge in [0.15, 0.2) is 0 Å². The Bertz CT molecular complexity index is 518. The summed E-state index contributed by atoms with van der Waals surface area (Å²) in [6.07, 6.45) is -0.871. The maximum Gasteiger partial charge on any atom is 0.321 e. The summed E-state index contributed by atoms with van der Waals surface area (Å²) in [6.45, 7) is 0. The molecule has 0 heterocycles. The summed E-state index contributed by atoms with van der Waals surface area (Å²) in [5, 5.41) is 19.6. The van der Waals surface area contributed by atoms with E-state index in [1.165, 1.54) is 0 Å². The maximum absolute atomic E-state index is 12.0. The molecule has 0 aromatic heterocycles. The predicted molar refractivity (Wildman–Crippen MR) is 71.4 cm³/mol. The molecule has 7 nitrogen and oxygen atoms in total. The van der Waals surface area contributed by atoms with Gasteiger partial charge in [-0.25, -0.2) is 5.09 Å². The van der Waals surface area contributed by atoms with Gasteiger partial charge in [-0.1, -0.05) is 30.3 Å². The van der Waals surface area contributed by atoms with Crippen LogP contribution in [0.1, 0.15) is 18.4 Å². The second-order valence-electron chi connectivity index (χ2n) is 4.30. The van der Waals surface area contributed by atoms with Gasteiger partial charge in [-0.3, -0.25) is 14.2 Å². The highest BCUT2D eigenvalue weighted by atomic mass is 31.2. The van der Waals surface area contributed by atoms with Crippen molar-refractivity contribution in [3.8, 4) is 0 Å². The number of benzene rings is 1. The molecular weight excluding hydrogens is 285 g/mol. The minimum Gasteiger partial charge on any atom is -0.481 e. The first-order chi connectivity index (χ1) is 9.30. The van der Waals surface area contributed by atoms with Crippen LogP contribution in [0.4, 0.5) is 0 Å². The van der Waals surface area contributed by atoms with Gasteiger partial charge in [0.2, 0.25) is 0 Å². The third kappa shape index (κ3) is 5.97. The summed E-state index contributed by atoms with van der Waals surface area (Å²) in [5.74, 6) is -2.51. The zero-order valence-corrected chi connectivity index (χ0v) is 11.5. The molecule has 0 saturated carbocycles. The van der Waals surface area contributed by atoms with E-state index in [1.54, 1.807) is 30.3 Å². The van der Waals surface area contributed by atoms with Gasteiger partial charge in [-0.15, -0.1) is 0 Å². The monoisotopic (exact) mass is 301 g/mol. The summed E-state index contributed by atoms with van der Waals surface area (Å²) >= 11 is 0. The van der Waals surface area contributed by atoms with Gasteiger partial charge in [-0.05, 0) is 12.0 Å². The van der Waals surface area contributed by atoms with E-state index in [9.17, 15) is 19.0 Å². The fourth-order valence-corrected chi connectivity index (χ4v) is 3.15. The predicted octanol–water partition coefficient (Wildman–Crippen LogP) is 1.28. The molecule has 0 aliphatic rings. The number of carboxylic acids is 2. The molecule has 0 amide bonds. The van der Waals surface area contributed by atoms with Crippen LogP contribution in [0, 0.1) is 0 Å². The molecule has 0 aliphatic heterocycles. The second kappa shape index (κ2) is 7.19. The van der Waals surface area contributed by atoms with Gasteiger partial charge < -0.3 is 15.1 Å². The molecular formula is C12H16NO6P. The summed E-state index contributed by atoms with van der Waals surface area (Å²) in [4.78, 5) is 31.2. The Labute approximate surface area is 115 Å². The Morgan fingerprint density at radius 1 is 1.20 bits per heavy atom. The van der Waals surface area contributed by atoms with Crippen LogP contribution in [0.2, 0.25) is 0 Å². The van der Waals surface area contributed by atoms with Crippen LogP contribution in [0.25, 0.3) is 0 Å². The molecule has 0 spiro atoms. The summed E-state index contributed by atoms with van der Waals surface area (Å²) in [6, 6.07) is 7.09. The number of carboxylic acid groups (broad SMARTS) is 2. The molecule has 0 radical (unpaired) electrons. The van der Waals surface area contributed by atoms with Crippen LogP contribution in [-0.4, -0.2) is 33.1 Å². The van der Waals surface area contributed by atoms with E-state index in [0.717, 1.165) is 0 Å². The third-order valence-electron chi connectivity index (χ3n) is 2.54. The highest BCUT2D eigenvalue weighted by Crippen LogP contribution is 2.40. The molecule has 0 fully saturated rings. The number of nitrogens with one attached hydrogen (secondary N) is 1. The van der Waals surface area contributed by atoms with E-state index >= 15 is 0 Å². The molecule has 0 saturated heterocycles. The quantitative estimate of drug-likeness (QED) is 0.533. The standard InChI is InChI=1S/C12H16NO6P/c14-11(15)7-6-10(12(16)17)13-20(18,19)8-9-4-2-1-3-5-9/h1-5,10H,6-8H2,(H,14,15)(H,16,17)(H2,13,18,19). The Hall–Kier alpha value is -1.69. The molecule has 1 aromatic carbocycles. The van der Waals surface area contributed by atoms with Crippen molar-refractivity contribution in [1.82, 2.24) is 5.09 Å². The lowest BCUT2D eigenvalue weighted by molar-refractivity contribution is -0.140. The Morgan fingerprint density at radius 3 is 2.30 bits per heavy atom. The van der Waals surface area contributed by atoms with E-state index < -0.39 is 31.9 Å². The van der Waals surface area contributed by atoms with Crippen LogP contribution in [0.5, 0.6) is 0 Å². The molecule has 1 rings (SSSR count). The first-order valence-corrected chi connectivity index (χ1v) is 7.73. The van der Waals surface area contributed by atoms with E-state index in [0.29, 0.717) is 5.56 Å². The molecule has 2 unspecified atom stereocenters. The number of hydrogen-bond donors (Lipinski definition) is 4. The minimum absolute atomic E-state index is 0.218. The van der Waals surface area contributed by atoms with Gasteiger partial charge in [0.05, 0.1) is 6.16 Å². The second-order valence-corrected chi connectivity index (χ2v) is 6.28. The molecule has 110 valence electrons. The normalized spacial score (nSPS) is 15.2. The summed E-state index contributed by atoms with van der Waals surface area (Å²) in [7, 11) is -3.91. The van der Waals surface area contributed by atoms with Gasteiger partial charge in [-0.2, -0.15) is 0 Å². The Morgan fingerprint density at radius 2 is 1.80 bits per heavy atom. The van der Waals surface area contributed by atoms with Crippen LogP contribution < -0.4 is 5.09 Å². The topological polar surface area (TPSA) is 124 Å². The van der Waals surface area contributed by atoms with Crippen LogP contribution in [0.15, 0.2) is 30.3 Å². The van der Waals surface area contributed by atoms with E-state index in [-0.39, 0.29) is 12.6 Å². The molecule has 0 aliphatic carbocycles. The number of aliphatic carboxylic acids is 2. The lowest BCUT2D eigenvalue weighted by Gasteiger charge is -2.18. The third-order valence-corrected chi connectivity index (χ3v) is 4.05. The first kappa shape index (κ1) is 16.4. The zero-order chi connectivity index (χ0) is 15.2. The maximum atomic E-state index is 12.0. The number of carbonyl (C=O) groups is 2. The van der Waals surface area contributed by atoms with E-state index in [2.05, 4.69) is 5.09 Å². The van der Waals surface area contributed by atoms with Crippen LogP contribution in [-0.2, 0) is 20.3 Å². The lowest BCUT2D eigenvalue weighted by atomic mass is 10.2. The molecule has 1 aromatic rings. The van der Waals surface area contributed by atoms with Crippen molar-refractivity contribution < 1.29 is 29.3 Å². The SMILES string of the molecule is O=C(O)CCC(NP(=O)(O)Cc1ccccc1)C(=O)O. The van der Waals surface area contributed by atoms with Gasteiger partial charge in [0.1, 0.15) is 6.04 Å². The van der Waals surface area contributed by atoms with Crippen molar-refractivity contribution in [3.63, 3.8) is 0 Å². The summed E-state index contributed by atoms with van der Waals surface area (Å²) in [5.41, 5.74) is 0.591. The molecule has 0 bridgehead atoms.